The van der Waals surface area contributed by atoms with Gasteiger partial charge in [0.15, 0.2) is 0 Å². The number of primary amides is 1. The molecule has 1 heterocycles. The van der Waals surface area contributed by atoms with Crippen LogP contribution in [0.5, 0.6) is 0 Å². The van der Waals surface area contributed by atoms with Gasteiger partial charge in [0.05, 0.1) is 6.61 Å². The number of hydrogen-bond donors (Lipinski definition) is 1. The van der Waals surface area contributed by atoms with Gasteiger partial charge in [0.2, 0.25) is 5.91 Å². The molecule has 1 aliphatic carbocycles. The number of carbonyl (C=O) groups is 1. The van der Waals surface area contributed by atoms with Crippen LogP contribution in [0.2, 0.25) is 0 Å². The maximum absolute atomic E-state index is 10.8. The van der Waals surface area contributed by atoms with E-state index < -0.39 is 0 Å². The third kappa shape index (κ3) is 1.33. The van der Waals surface area contributed by atoms with Crippen molar-refractivity contribution in [3.05, 3.63) is 0 Å². The second-order valence-electron chi connectivity index (χ2n) is 4.07. The van der Waals surface area contributed by atoms with Crippen LogP contribution in [0.3, 0.4) is 0 Å². The first-order chi connectivity index (χ1) is 5.73. The summed E-state index contributed by atoms with van der Waals surface area (Å²) in [6, 6.07) is 0. The van der Waals surface area contributed by atoms with E-state index in [0.29, 0.717) is 12.3 Å². The van der Waals surface area contributed by atoms with Gasteiger partial charge in [-0.15, -0.1) is 0 Å². The van der Waals surface area contributed by atoms with Gasteiger partial charge < -0.3 is 10.5 Å². The first kappa shape index (κ1) is 8.05. The van der Waals surface area contributed by atoms with Crippen LogP contribution in [-0.2, 0) is 9.53 Å². The highest BCUT2D eigenvalue weighted by Crippen LogP contribution is 2.56. The van der Waals surface area contributed by atoms with Crippen LogP contribution in [0.1, 0.15) is 25.7 Å². The standard InChI is InChI=1S/C9H15NO2/c10-8(11)5-9(2-3-9)7-1-4-12-6-7/h7H,1-6H2,(H2,10,11). The van der Waals surface area contributed by atoms with E-state index in [2.05, 4.69) is 0 Å². The third-order valence-corrected chi connectivity index (χ3v) is 3.21. The van der Waals surface area contributed by atoms with E-state index in [4.69, 9.17) is 10.5 Å². The van der Waals surface area contributed by atoms with Gasteiger partial charge in [-0.3, -0.25) is 4.79 Å². The molecule has 1 aliphatic heterocycles. The molecule has 3 heteroatoms. The Hall–Kier alpha value is -0.570. The fraction of sp³-hybridized carbons (Fsp3) is 0.889. The molecule has 1 saturated heterocycles. The summed E-state index contributed by atoms with van der Waals surface area (Å²) in [4.78, 5) is 10.8. The molecule has 2 N–H and O–H groups in total. The summed E-state index contributed by atoms with van der Waals surface area (Å²) in [5.74, 6) is 0.449. The lowest BCUT2D eigenvalue weighted by atomic mass is 9.85. The molecule has 2 fully saturated rings. The van der Waals surface area contributed by atoms with E-state index >= 15 is 0 Å². The molecular weight excluding hydrogens is 154 g/mol. The first-order valence-electron chi connectivity index (χ1n) is 4.59. The highest BCUT2D eigenvalue weighted by atomic mass is 16.5. The van der Waals surface area contributed by atoms with Gasteiger partial charge in [-0.1, -0.05) is 0 Å². The zero-order valence-electron chi connectivity index (χ0n) is 7.21. The lowest BCUT2D eigenvalue weighted by Crippen LogP contribution is -2.24. The summed E-state index contributed by atoms with van der Waals surface area (Å²) in [6.45, 7) is 1.71. The molecular formula is C9H15NO2. The maximum Gasteiger partial charge on any atom is 0.217 e. The van der Waals surface area contributed by atoms with Crippen LogP contribution in [0.25, 0.3) is 0 Å². The van der Waals surface area contributed by atoms with E-state index in [0.717, 1.165) is 19.6 Å². The van der Waals surface area contributed by atoms with Crippen LogP contribution >= 0.6 is 0 Å². The summed E-state index contributed by atoms with van der Waals surface area (Å²) in [7, 11) is 0. The molecule has 1 atom stereocenters. The van der Waals surface area contributed by atoms with E-state index in [-0.39, 0.29) is 11.3 Å². The number of ether oxygens (including phenoxy) is 1. The highest BCUT2D eigenvalue weighted by molar-refractivity contribution is 5.75. The summed E-state index contributed by atoms with van der Waals surface area (Å²) in [5.41, 5.74) is 5.46. The zero-order chi connectivity index (χ0) is 8.60. The summed E-state index contributed by atoms with van der Waals surface area (Å²) >= 11 is 0. The lowest BCUT2D eigenvalue weighted by Gasteiger charge is -2.19. The molecule has 68 valence electrons. The van der Waals surface area contributed by atoms with Crippen molar-refractivity contribution in [2.75, 3.05) is 13.2 Å². The minimum atomic E-state index is -0.153. The van der Waals surface area contributed by atoms with E-state index in [1.54, 1.807) is 0 Å². The fourth-order valence-corrected chi connectivity index (χ4v) is 2.25. The fourth-order valence-electron chi connectivity index (χ4n) is 2.25. The molecule has 2 aliphatic rings. The van der Waals surface area contributed by atoms with Gasteiger partial charge in [0.1, 0.15) is 0 Å². The van der Waals surface area contributed by atoms with Gasteiger partial charge in [-0.2, -0.15) is 0 Å². The van der Waals surface area contributed by atoms with E-state index in [1.165, 1.54) is 12.8 Å². The second kappa shape index (κ2) is 2.73. The summed E-state index contributed by atoms with van der Waals surface area (Å²) in [5, 5.41) is 0. The molecule has 0 aromatic rings. The predicted octanol–water partition coefficient (Wildman–Crippen LogP) is 0.678. The molecule has 1 amide bonds. The number of amides is 1. The Kier molecular flexibility index (Phi) is 1.83. The van der Waals surface area contributed by atoms with Gasteiger partial charge in [0, 0.05) is 13.0 Å². The van der Waals surface area contributed by atoms with E-state index in [1.807, 2.05) is 0 Å². The quantitative estimate of drug-likeness (QED) is 0.675. The Morgan fingerprint density at radius 3 is 2.75 bits per heavy atom. The zero-order valence-corrected chi connectivity index (χ0v) is 7.21. The number of rotatable bonds is 3. The molecule has 0 aromatic carbocycles. The third-order valence-electron chi connectivity index (χ3n) is 3.21. The Bertz CT molecular complexity index is 193. The second-order valence-corrected chi connectivity index (χ2v) is 4.07. The Morgan fingerprint density at radius 2 is 2.33 bits per heavy atom. The van der Waals surface area contributed by atoms with Gasteiger partial charge in [-0.05, 0) is 30.6 Å². The van der Waals surface area contributed by atoms with Crippen LogP contribution < -0.4 is 5.73 Å². The van der Waals surface area contributed by atoms with Crippen LogP contribution in [-0.4, -0.2) is 19.1 Å². The molecule has 0 aromatic heterocycles. The van der Waals surface area contributed by atoms with Crippen molar-refractivity contribution in [2.24, 2.45) is 17.1 Å². The predicted molar refractivity (Wildman–Crippen MR) is 44.4 cm³/mol. The first-order valence-corrected chi connectivity index (χ1v) is 4.59. The molecule has 1 unspecified atom stereocenters. The average Bonchev–Trinajstić information content (AvgIpc) is 2.61. The molecule has 1 saturated carbocycles. The molecule has 12 heavy (non-hydrogen) atoms. The molecule has 0 spiro atoms. The van der Waals surface area contributed by atoms with Crippen molar-refractivity contribution < 1.29 is 9.53 Å². The smallest absolute Gasteiger partial charge is 0.217 e. The minimum Gasteiger partial charge on any atom is -0.381 e. The van der Waals surface area contributed by atoms with Crippen LogP contribution in [0.15, 0.2) is 0 Å². The molecule has 0 bridgehead atoms. The number of nitrogens with two attached hydrogens (primary N) is 1. The van der Waals surface area contributed by atoms with Gasteiger partial charge >= 0.3 is 0 Å². The van der Waals surface area contributed by atoms with Crippen molar-refractivity contribution in [3.8, 4) is 0 Å². The van der Waals surface area contributed by atoms with Gasteiger partial charge in [-0.25, -0.2) is 0 Å². The SMILES string of the molecule is NC(=O)CC1(C2CCOC2)CC1. The molecule has 3 nitrogen and oxygen atoms in total. The lowest BCUT2D eigenvalue weighted by molar-refractivity contribution is -0.119. The highest BCUT2D eigenvalue weighted by Gasteiger charge is 2.50. The van der Waals surface area contributed by atoms with Gasteiger partial charge in [0.25, 0.3) is 0 Å². The van der Waals surface area contributed by atoms with Crippen molar-refractivity contribution in [2.45, 2.75) is 25.7 Å². The Morgan fingerprint density at radius 1 is 1.58 bits per heavy atom. The van der Waals surface area contributed by atoms with Crippen LogP contribution in [0.4, 0.5) is 0 Å². The Balaban J connectivity index is 1.95. The number of hydrogen-bond acceptors (Lipinski definition) is 2. The van der Waals surface area contributed by atoms with E-state index in [9.17, 15) is 4.79 Å². The number of carbonyl (C=O) groups excluding carboxylic acids is 1. The maximum atomic E-state index is 10.8. The van der Waals surface area contributed by atoms with Crippen molar-refractivity contribution in [1.82, 2.24) is 0 Å². The minimum absolute atomic E-state index is 0.153. The largest absolute Gasteiger partial charge is 0.381 e. The van der Waals surface area contributed by atoms with Crippen molar-refractivity contribution >= 4 is 5.91 Å². The topological polar surface area (TPSA) is 52.3 Å². The van der Waals surface area contributed by atoms with Crippen molar-refractivity contribution in [3.63, 3.8) is 0 Å². The molecule has 0 radical (unpaired) electrons. The average molecular weight is 169 g/mol. The Labute approximate surface area is 72.3 Å². The monoisotopic (exact) mass is 169 g/mol. The normalized spacial score (nSPS) is 31.8. The van der Waals surface area contributed by atoms with Crippen molar-refractivity contribution in [1.29, 1.82) is 0 Å². The molecule has 2 rings (SSSR count). The summed E-state index contributed by atoms with van der Waals surface area (Å²) in [6.07, 6.45) is 4.03. The summed E-state index contributed by atoms with van der Waals surface area (Å²) < 4.78 is 5.31. The van der Waals surface area contributed by atoms with Crippen LogP contribution in [0, 0.1) is 11.3 Å².